The van der Waals surface area contributed by atoms with Gasteiger partial charge >= 0.3 is 0 Å². The second kappa shape index (κ2) is 11.7. The van der Waals surface area contributed by atoms with E-state index in [-0.39, 0.29) is 24.0 Å². The normalized spacial score (nSPS) is 14.6. The maximum atomic E-state index is 13.5. The molecule has 2 heterocycles. The van der Waals surface area contributed by atoms with Crippen molar-refractivity contribution in [3.63, 3.8) is 0 Å². The summed E-state index contributed by atoms with van der Waals surface area (Å²) < 4.78 is 22.4. The third-order valence-electron chi connectivity index (χ3n) is 6.74. The number of ether oxygens (including phenoxy) is 1. The average Bonchev–Trinajstić information content (AvgIpc) is 3.10. The van der Waals surface area contributed by atoms with E-state index >= 15 is 0 Å². The number of hydrogen-bond donors (Lipinski definition) is 2. The Morgan fingerprint density at radius 2 is 1.78 bits per heavy atom. The lowest BCUT2D eigenvalue weighted by atomic mass is 9.99. The molecule has 192 valence electrons. The van der Waals surface area contributed by atoms with Gasteiger partial charge in [0, 0.05) is 12.2 Å². The van der Waals surface area contributed by atoms with Crippen LogP contribution in [0, 0.1) is 16.5 Å². The van der Waals surface area contributed by atoms with Gasteiger partial charge in [0.1, 0.15) is 11.6 Å². The fourth-order valence-corrected chi connectivity index (χ4v) is 4.97. The minimum Gasteiger partial charge on any atom is -0.497 e. The number of methoxy groups -OCH3 is 1. The van der Waals surface area contributed by atoms with Gasteiger partial charge in [-0.3, -0.25) is 9.36 Å². The number of amides is 1. The number of imidazole rings is 1. The SMILES string of the molecule is COc1ccc(NC(=O)Cc2c(O)n(-c3ccc(F)cc3)c(=S)n2CCCN2CCC(C)CC2)cc1. The van der Waals surface area contributed by atoms with Crippen LogP contribution in [-0.2, 0) is 17.8 Å². The summed E-state index contributed by atoms with van der Waals surface area (Å²) in [6.45, 7) is 5.96. The average molecular weight is 513 g/mol. The standard InChI is InChI=1S/C27H33FN4O3S/c1-19-12-16-30(17-13-19)14-3-15-31-24(18-25(33)29-21-6-10-23(35-2)11-7-21)26(34)32(27(31)36)22-8-4-20(28)5-9-22/h4-11,19,34H,3,12-18H2,1-2H3,(H,29,33). The summed E-state index contributed by atoms with van der Waals surface area (Å²) in [5, 5.41) is 14.0. The zero-order valence-corrected chi connectivity index (χ0v) is 21.6. The van der Waals surface area contributed by atoms with Gasteiger partial charge in [0.2, 0.25) is 11.8 Å². The van der Waals surface area contributed by atoms with Gasteiger partial charge < -0.3 is 24.6 Å². The van der Waals surface area contributed by atoms with Crippen molar-refractivity contribution in [2.24, 2.45) is 5.92 Å². The van der Waals surface area contributed by atoms with Gasteiger partial charge in [0.25, 0.3) is 0 Å². The maximum absolute atomic E-state index is 13.5. The third kappa shape index (κ3) is 6.14. The summed E-state index contributed by atoms with van der Waals surface area (Å²) in [6, 6.07) is 12.8. The highest BCUT2D eigenvalue weighted by molar-refractivity contribution is 7.71. The van der Waals surface area contributed by atoms with Crippen LogP contribution in [0.15, 0.2) is 48.5 Å². The molecule has 0 saturated carbocycles. The first-order valence-electron chi connectivity index (χ1n) is 12.3. The Morgan fingerprint density at radius 1 is 1.11 bits per heavy atom. The molecule has 1 aliphatic rings. The maximum Gasteiger partial charge on any atom is 0.230 e. The zero-order chi connectivity index (χ0) is 25.7. The fourth-order valence-electron chi connectivity index (χ4n) is 4.57. The molecule has 0 aliphatic carbocycles. The third-order valence-corrected chi connectivity index (χ3v) is 7.14. The number of carbonyl (C=O) groups is 1. The predicted molar refractivity (Wildman–Crippen MR) is 141 cm³/mol. The molecule has 1 fully saturated rings. The van der Waals surface area contributed by atoms with Crippen molar-refractivity contribution < 1.29 is 19.0 Å². The van der Waals surface area contributed by atoms with Crippen LogP contribution in [0.25, 0.3) is 5.69 Å². The van der Waals surface area contributed by atoms with E-state index in [1.807, 2.05) is 4.57 Å². The van der Waals surface area contributed by atoms with Crippen molar-refractivity contribution in [2.45, 2.75) is 39.2 Å². The van der Waals surface area contributed by atoms with Crippen molar-refractivity contribution in [1.82, 2.24) is 14.0 Å². The Kier molecular flexibility index (Phi) is 8.43. The molecule has 0 bridgehead atoms. The molecule has 1 aliphatic heterocycles. The van der Waals surface area contributed by atoms with E-state index in [0.717, 1.165) is 32.0 Å². The Bertz CT molecular complexity index is 1230. The van der Waals surface area contributed by atoms with Gasteiger partial charge in [0.05, 0.1) is 24.9 Å². The number of aromatic nitrogens is 2. The first-order valence-corrected chi connectivity index (χ1v) is 12.7. The van der Waals surface area contributed by atoms with Crippen molar-refractivity contribution in [3.05, 3.63) is 64.8 Å². The highest BCUT2D eigenvalue weighted by atomic mass is 32.1. The molecular formula is C27H33FN4O3S. The number of piperidine rings is 1. The molecule has 1 aromatic heterocycles. The molecule has 2 aromatic carbocycles. The van der Waals surface area contributed by atoms with Crippen LogP contribution in [0.4, 0.5) is 10.1 Å². The van der Waals surface area contributed by atoms with E-state index in [0.29, 0.717) is 34.1 Å². The molecule has 1 saturated heterocycles. The number of halogens is 1. The number of aromatic hydroxyl groups is 1. The number of hydrogen-bond acceptors (Lipinski definition) is 5. The Hall–Kier alpha value is -3.17. The van der Waals surface area contributed by atoms with Crippen molar-refractivity contribution in [1.29, 1.82) is 0 Å². The van der Waals surface area contributed by atoms with Gasteiger partial charge in [0.15, 0.2) is 4.77 Å². The Morgan fingerprint density at radius 3 is 2.42 bits per heavy atom. The van der Waals surface area contributed by atoms with Crippen LogP contribution in [0.1, 0.15) is 31.9 Å². The quantitative estimate of drug-likeness (QED) is 0.388. The molecule has 0 atom stereocenters. The number of nitrogens with one attached hydrogen (secondary N) is 1. The molecular weight excluding hydrogens is 479 g/mol. The molecule has 3 aromatic rings. The topological polar surface area (TPSA) is 71.7 Å². The smallest absolute Gasteiger partial charge is 0.230 e. The van der Waals surface area contributed by atoms with E-state index in [2.05, 4.69) is 17.1 Å². The first-order chi connectivity index (χ1) is 17.4. The lowest BCUT2D eigenvalue weighted by Gasteiger charge is -2.30. The molecule has 0 unspecified atom stereocenters. The van der Waals surface area contributed by atoms with Gasteiger partial charge in [-0.15, -0.1) is 0 Å². The predicted octanol–water partition coefficient (Wildman–Crippen LogP) is 5.16. The first kappa shape index (κ1) is 25.9. The summed E-state index contributed by atoms with van der Waals surface area (Å²) in [7, 11) is 1.58. The molecule has 36 heavy (non-hydrogen) atoms. The summed E-state index contributed by atoms with van der Waals surface area (Å²) in [5.74, 6) is 0.703. The lowest BCUT2D eigenvalue weighted by molar-refractivity contribution is -0.115. The van der Waals surface area contributed by atoms with Crippen LogP contribution >= 0.6 is 12.2 Å². The van der Waals surface area contributed by atoms with Crippen LogP contribution in [0.3, 0.4) is 0 Å². The molecule has 0 radical (unpaired) electrons. The largest absolute Gasteiger partial charge is 0.497 e. The number of nitrogens with zero attached hydrogens (tertiary/aromatic N) is 3. The van der Waals surface area contributed by atoms with Crippen molar-refractivity contribution in [2.75, 3.05) is 32.1 Å². The van der Waals surface area contributed by atoms with Gasteiger partial charge in [-0.25, -0.2) is 4.39 Å². The van der Waals surface area contributed by atoms with Crippen LogP contribution in [0.5, 0.6) is 11.6 Å². The minimum atomic E-state index is -0.376. The zero-order valence-electron chi connectivity index (χ0n) is 20.7. The molecule has 0 spiro atoms. The van der Waals surface area contributed by atoms with E-state index < -0.39 is 0 Å². The van der Waals surface area contributed by atoms with Gasteiger partial charge in [-0.2, -0.15) is 0 Å². The summed E-state index contributed by atoms with van der Waals surface area (Å²) in [6.07, 6.45) is 3.19. The molecule has 7 nitrogen and oxygen atoms in total. The highest BCUT2D eigenvalue weighted by Gasteiger charge is 2.22. The monoisotopic (exact) mass is 512 g/mol. The van der Waals surface area contributed by atoms with Crippen LogP contribution in [0.2, 0.25) is 0 Å². The van der Waals surface area contributed by atoms with E-state index in [1.165, 1.54) is 29.5 Å². The fraction of sp³-hybridized carbons (Fsp3) is 0.407. The van der Waals surface area contributed by atoms with Crippen molar-refractivity contribution in [3.8, 4) is 17.3 Å². The number of likely N-dealkylation sites (tertiary alicyclic amines) is 1. The molecule has 4 rings (SSSR count). The highest BCUT2D eigenvalue weighted by Crippen LogP contribution is 2.27. The van der Waals surface area contributed by atoms with Crippen LogP contribution < -0.4 is 10.1 Å². The Labute approximate surface area is 216 Å². The number of benzene rings is 2. The molecule has 1 amide bonds. The number of anilines is 1. The lowest BCUT2D eigenvalue weighted by Crippen LogP contribution is -2.34. The second-order valence-electron chi connectivity index (χ2n) is 9.35. The minimum absolute atomic E-state index is 0.0586. The van der Waals surface area contributed by atoms with E-state index in [1.54, 1.807) is 43.5 Å². The molecule has 9 heteroatoms. The van der Waals surface area contributed by atoms with E-state index in [9.17, 15) is 14.3 Å². The van der Waals surface area contributed by atoms with Crippen molar-refractivity contribution >= 4 is 23.8 Å². The summed E-state index contributed by atoms with van der Waals surface area (Å²) >= 11 is 5.72. The number of carbonyl (C=O) groups excluding carboxylic acids is 1. The summed E-state index contributed by atoms with van der Waals surface area (Å²) in [5.41, 5.74) is 1.60. The molecule has 2 N–H and O–H groups in total. The summed E-state index contributed by atoms with van der Waals surface area (Å²) in [4.78, 5) is 15.4. The van der Waals surface area contributed by atoms with E-state index in [4.69, 9.17) is 17.0 Å². The van der Waals surface area contributed by atoms with Gasteiger partial charge in [-0.1, -0.05) is 6.92 Å². The van der Waals surface area contributed by atoms with Crippen LogP contribution in [-0.4, -0.2) is 51.8 Å². The van der Waals surface area contributed by atoms with Gasteiger partial charge in [-0.05, 0) is 106 Å². The number of rotatable bonds is 9. The second-order valence-corrected chi connectivity index (χ2v) is 9.71. The Balaban J connectivity index is 1.55.